The van der Waals surface area contributed by atoms with Crippen LogP contribution in [0.3, 0.4) is 0 Å². The molecule has 0 N–H and O–H groups in total. The first-order valence-electron chi connectivity index (χ1n) is 8.21. The van der Waals surface area contributed by atoms with Crippen LogP contribution in [0.2, 0.25) is 0 Å². The van der Waals surface area contributed by atoms with Crippen LogP contribution < -0.4 is 0 Å². The number of likely N-dealkylation sites (tertiary alicyclic amines) is 1. The van der Waals surface area contributed by atoms with E-state index in [2.05, 4.69) is 47.1 Å². The summed E-state index contributed by atoms with van der Waals surface area (Å²) in [5.41, 5.74) is 1.66. The summed E-state index contributed by atoms with van der Waals surface area (Å²) in [5, 5.41) is 0.907. The summed E-state index contributed by atoms with van der Waals surface area (Å²) in [7, 11) is 0. The van der Waals surface area contributed by atoms with Gasteiger partial charge < -0.3 is 4.90 Å². The van der Waals surface area contributed by atoms with Crippen molar-refractivity contribution in [2.75, 3.05) is 18.4 Å². The number of rotatable bonds is 5. The monoisotopic (exact) mass is 371 g/mol. The van der Waals surface area contributed by atoms with Crippen molar-refractivity contribution in [3.63, 3.8) is 0 Å². The number of carbonyl (C=O) groups excluding carboxylic acids is 1. The standard InChI is InChI=1S/C20H22BrNO/c1-2-22-15-18(13-14-21)20(19(22)23,16-9-5-3-6-10-16)17-11-7-4-8-12-17/h3-12,18H,2,13-15H2,1H3. The van der Waals surface area contributed by atoms with Crippen molar-refractivity contribution in [3.05, 3.63) is 71.8 Å². The van der Waals surface area contributed by atoms with E-state index in [0.717, 1.165) is 36.0 Å². The molecule has 1 heterocycles. The molecule has 2 nitrogen and oxygen atoms in total. The third-order valence-electron chi connectivity index (χ3n) is 4.98. The van der Waals surface area contributed by atoms with Crippen molar-refractivity contribution < 1.29 is 4.79 Å². The van der Waals surface area contributed by atoms with E-state index in [1.165, 1.54) is 0 Å². The Bertz CT molecular complexity index is 616. The van der Waals surface area contributed by atoms with Gasteiger partial charge in [0.15, 0.2) is 0 Å². The van der Waals surface area contributed by atoms with Crippen molar-refractivity contribution in [2.45, 2.75) is 18.8 Å². The molecule has 120 valence electrons. The summed E-state index contributed by atoms with van der Waals surface area (Å²) in [6, 6.07) is 20.6. The molecule has 0 radical (unpaired) electrons. The minimum absolute atomic E-state index is 0.239. The highest BCUT2D eigenvalue weighted by molar-refractivity contribution is 9.09. The number of hydrogen-bond acceptors (Lipinski definition) is 1. The fourth-order valence-electron chi connectivity index (χ4n) is 3.91. The van der Waals surface area contributed by atoms with Gasteiger partial charge in [0.25, 0.3) is 0 Å². The molecule has 2 aromatic rings. The molecule has 0 bridgehead atoms. The van der Waals surface area contributed by atoms with Crippen molar-refractivity contribution >= 4 is 21.8 Å². The van der Waals surface area contributed by atoms with Gasteiger partial charge in [-0.25, -0.2) is 0 Å². The maximum absolute atomic E-state index is 13.5. The third-order valence-corrected chi connectivity index (χ3v) is 5.43. The molecule has 0 aliphatic carbocycles. The summed E-state index contributed by atoms with van der Waals surface area (Å²) in [4.78, 5) is 15.5. The molecule has 3 rings (SSSR count). The number of likely N-dealkylation sites (N-methyl/N-ethyl adjacent to an activating group) is 1. The molecular weight excluding hydrogens is 350 g/mol. The Balaban J connectivity index is 2.24. The average molecular weight is 372 g/mol. The lowest BCUT2D eigenvalue weighted by Crippen LogP contribution is -2.42. The molecule has 0 spiro atoms. The number of halogens is 1. The van der Waals surface area contributed by atoms with Crippen LogP contribution in [0.25, 0.3) is 0 Å². The van der Waals surface area contributed by atoms with Gasteiger partial charge in [-0.2, -0.15) is 0 Å². The predicted octanol–water partition coefficient (Wildman–Crippen LogP) is 4.24. The van der Waals surface area contributed by atoms with Gasteiger partial charge in [-0.15, -0.1) is 0 Å². The maximum Gasteiger partial charge on any atom is 0.238 e. The zero-order valence-electron chi connectivity index (χ0n) is 13.4. The highest BCUT2D eigenvalue weighted by atomic mass is 79.9. The largest absolute Gasteiger partial charge is 0.342 e. The Morgan fingerprint density at radius 3 is 2.00 bits per heavy atom. The van der Waals surface area contributed by atoms with Crippen LogP contribution in [0.15, 0.2) is 60.7 Å². The molecule has 23 heavy (non-hydrogen) atoms. The van der Waals surface area contributed by atoms with Crippen LogP contribution in [-0.4, -0.2) is 29.2 Å². The first-order valence-corrected chi connectivity index (χ1v) is 9.33. The molecule has 1 aliphatic rings. The third kappa shape index (κ3) is 2.61. The lowest BCUT2D eigenvalue weighted by molar-refractivity contribution is -0.131. The maximum atomic E-state index is 13.5. The van der Waals surface area contributed by atoms with E-state index in [4.69, 9.17) is 0 Å². The minimum atomic E-state index is -0.563. The first kappa shape index (κ1) is 16.3. The van der Waals surface area contributed by atoms with E-state index in [9.17, 15) is 4.79 Å². The Kier molecular flexibility index (Phi) is 4.86. The zero-order valence-corrected chi connectivity index (χ0v) is 15.0. The molecule has 0 saturated carbocycles. The van der Waals surface area contributed by atoms with Gasteiger partial charge >= 0.3 is 0 Å². The Hall–Kier alpha value is -1.61. The summed E-state index contributed by atoms with van der Waals surface area (Å²) in [5.74, 6) is 0.516. The number of amides is 1. The van der Waals surface area contributed by atoms with Crippen LogP contribution in [0, 0.1) is 5.92 Å². The summed E-state index contributed by atoms with van der Waals surface area (Å²) < 4.78 is 0. The second-order valence-electron chi connectivity index (χ2n) is 6.06. The molecular formula is C20H22BrNO. The smallest absolute Gasteiger partial charge is 0.238 e. The molecule has 1 amide bonds. The van der Waals surface area contributed by atoms with E-state index < -0.39 is 5.41 Å². The van der Waals surface area contributed by atoms with Crippen molar-refractivity contribution in [1.29, 1.82) is 0 Å². The van der Waals surface area contributed by atoms with Gasteiger partial charge in [-0.3, -0.25) is 4.79 Å². The second kappa shape index (κ2) is 6.88. The molecule has 1 aliphatic heterocycles. The Labute approximate surface area is 146 Å². The molecule has 1 fully saturated rings. The first-order chi connectivity index (χ1) is 11.2. The Morgan fingerprint density at radius 1 is 1.04 bits per heavy atom. The van der Waals surface area contributed by atoms with Gasteiger partial charge in [-0.05, 0) is 30.4 Å². The van der Waals surface area contributed by atoms with Gasteiger partial charge in [0, 0.05) is 18.4 Å². The van der Waals surface area contributed by atoms with E-state index in [1.807, 2.05) is 41.3 Å². The van der Waals surface area contributed by atoms with Gasteiger partial charge in [-0.1, -0.05) is 76.6 Å². The normalized spacial score (nSPS) is 20.0. The molecule has 1 unspecified atom stereocenters. The van der Waals surface area contributed by atoms with Crippen LogP contribution in [0.4, 0.5) is 0 Å². The highest BCUT2D eigenvalue weighted by Gasteiger charge is 2.55. The fraction of sp³-hybridized carbons (Fsp3) is 0.350. The SMILES string of the molecule is CCN1CC(CCBr)C(c2ccccc2)(c2ccccc2)C1=O. The van der Waals surface area contributed by atoms with E-state index in [0.29, 0.717) is 0 Å². The molecule has 3 heteroatoms. The lowest BCUT2D eigenvalue weighted by Gasteiger charge is -2.34. The topological polar surface area (TPSA) is 20.3 Å². The average Bonchev–Trinajstić information content (AvgIpc) is 2.89. The summed E-state index contributed by atoms with van der Waals surface area (Å²) in [6.45, 7) is 3.65. The Morgan fingerprint density at radius 2 is 1.57 bits per heavy atom. The van der Waals surface area contributed by atoms with E-state index in [1.54, 1.807) is 0 Å². The van der Waals surface area contributed by atoms with Gasteiger partial charge in [0.2, 0.25) is 5.91 Å². The highest BCUT2D eigenvalue weighted by Crippen LogP contribution is 2.47. The molecule has 2 aromatic carbocycles. The van der Waals surface area contributed by atoms with Crippen LogP contribution in [0.5, 0.6) is 0 Å². The molecule has 1 saturated heterocycles. The summed E-state index contributed by atoms with van der Waals surface area (Å²) in [6.07, 6.45) is 0.978. The van der Waals surface area contributed by atoms with Gasteiger partial charge in [0.1, 0.15) is 5.41 Å². The lowest BCUT2D eigenvalue weighted by atomic mass is 9.66. The van der Waals surface area contributed by atoms with Crippen LogP contribution in [-0.2, 0) is 10.2 Å². The zero-order chi connectivity index (χ0) is 16.3. The minimum Gasteiger partial charge on any atom is -0.342 e. The van der Waals surface area contributed by atoms with E-state index >= 15 is 0 Å². The fourth-order valence-corrected chi connectivity index (χ4v) is 4.46. The number of nitrogens with zero attached hydrogens (tertiary/aromatic N) is 1. The quantitative estimate of drug-likeness (QED) is 0.719. The summed E-state index contributed by atoms with van der Waals surface area (Å²) >= 11 is 3.59. The molecule has 0 aromatic heterocycles. The predicted molar refractivity (Wildman–Crippen MR) is 97.8 cm³/mol. The molecule has 1 atom stereocenters. The number of carbonyl (C=O) groups is 1. The van der Waals surface area contributed by atoms with Gasteiger partial charge in [0.05, 0.1) is 0 Å². The number of alkyl halides is 1. The van der Waals surface area contributed by atoms with Crippen molar-refractivity contribution in [1.82, 2.24) is 4.90 Å². The van der Waals surface area contributed by atoms with E-state index in [-0.39, 0.29) is 11.8 Å². The number of benzene rings is 2. The van der Waals surface area contributed by atoms with Crippen molar-refractivity contribution in [2.24, 2.45) is 5.92 Å². The number of hydrogen-bond donors (Lipinski definition) is 0. The van der Waals surface area contributed by atoms with Crippen molar-refractivity contribution in [3.8, 4) is 0 Å². The van der Waals surface area contributed by atoms with Crippen LogP contribution in [0.1, 0.15) is 24.5 Å². The second-order valence-corrected chi connectivity index (χ2v) is 6.85. The van der Waals surface area contributed by atoms with Crippen LogP contribution >= 0.6 is 15.9 Å².